The first-order valence-electron chi connectivity index (χ1n) is 8.81. The molecule has 0 atom stereocenters. The van der Waals surface area contributed by atoms with Crippen molar-refractivity contribution in [2.75, 3.05) is 6.54 Å². The molecule has 7 nitrogen and oxygen atoms in total. The SMILES string of the molecule is CCC(N)(CC)CNC(=O)c1nnn(-c2cccc3cnccc23)c1C. The molecule has 0 aliphatic carbocycles. The van der Waals surface area contributed by atoms with Gasteiger partial charge in [0.2, 0.25) is 0 Å². The van der Waals surface area contributed by atoms with Gasteiger partial charge in [-0.3, -0.25) is 9.78 Å². The van der Waals surface area contributed by atoms with Crippen molar-refractivity contribution in [1.29, 1.82) is 0 Å². The van der Waals surface area contributed by atoms with Gasteiger partial charge in [0.05, 0.1) is 11.4 Å². The van der Waals surface area contributed by atoms with Crippen LogP contribution in [-0.4, -0.2) is 38.0 Å². The van der Waals surface area contributed by atoms with Crippen LogP contribution in [0.15, 0.2) is 36.7 Å². The molecule has 26 heavy (non-hydrogen) atoms. The quantitative estimate of drug-likeness (QED) is 0.709. The molecule has 7 heteroatoms. The van der Waals surface area contributed by atoms with Crippen molar-refractivity contribution in [3.05, 3.63) is 48.0 Å². The summed E-state index contributed by atoms with van der Waals surface area (Å²) in [5.41, 5.74) is 7.72. The molecule has 0 saturated heterocycles. The maximum absolute atomic E-state index is 12.6. The van der Waals surface area contributed by atoms with Crippen LogP contribution in [0, 0.1) is 6.92 Å². The third-order valence-corrected chi connectivity index (χ3v) is 5.00. The van der Waals surface area contributed by atoms with Gasteiger partial charge in [-0.1, -0.05) is 31.2 Å². The highest BCUT2D eigenvalue weighted by molar-refractivity contribution is 5.94. The van der Waals surface area contributed by atoms with Gasteiger partial charge in [-0.25, -0.2) is 4.68 Å². The topological polar surface area (TPSA) is 98.7 Å². The first-order chi connectivity index (χ1) is 12.5. The number of nitrogens with two attached hydrogens (primary N) is 1. The summed E-state index contributed by atoms with van der Waals surface area (Å²) < 4.78 is 1.69. The first kappa shape index (κ1) is 18.0. The molecule has 3 N–H and O–H groups in total. The molecule has 1 amide bonds. The highest BCUT2D eigenvalue weighted by atomic mass is 16.2. The minimum atomic E-state index is -0.401. The third-order valence-electron chi connectivity index (χ3n) is 5.00. The van der Waals surface area contributed by atoms with Crippen LogP contribution in [0.3, 0.4) is 0 Å². The lowest BCUT2D eigenvalue weighted by Crippen LogP contribution is -2.49. The molecule has 2 aromatic heterocycles. The van der Waals surface area contributed by atoms with Crippen molar-refractivity contribution in [3.63, 3.8) is 0 Å². The molecule has 3 rings (SSSR count). The van der Waals surface area contributed by atoms with E-state index in [1.54, 1.807) is 17.1 Å². The van der Waals surface area contributed by atoms with Crippen molar-refractivity contribution in [2.45, 2.75) is 39.2 Å². The van der Waals surface area contributed by atoms with Gasteiger partial charge in [0.25, 0.3) is 5.91 Å². The fourth-order valence-corrected chi connectivity index (χ4v) is 2.90. The van der Waals surface area contributed by atoms with E-state index in [1.165, 1.54) is 0 Å². The second-order valence-electron chi connectivity index (χ2n) is 6.56. The van der Waals surface area contributed by atoms with Gasteiger partial charge < -0.3 is 11.1 Å². The molecule has 0 bridgehead atoms. The van der Waals surface area contributed by atoms with Crippen LogP contribution >= 0.6 is 0 Å². The van der Waals surface area contributed by atoms with E-state index in [-0.39, 0.29) is 5.91 Å². The number of nitrogens with one attached hydrogen (secondary N) is 1. The van der Waals surface area contributed by atoms with Gasteiger partial charge in [0.1, 0.15) is 0 Å². The number of carbonyl (C=O) groups excluding carboxylic acids is 1. The van der Waals surface area contributed by atoms with Crippen LogP contribution in [-0.2, 0) is 0 Å². The Hall–Kier alpha value is -2.80. The van der Waals surface area contributed by atoms with Gasteiger partial charge in [0, 0.05) is 35.2 Å². The number of aromatic nitrogens is 4. The largest absolute Gasteiger partial charge is 0.349 e. The average Bonchev–Trinajstić information content (AvgIpc) is 3.06. The Morgan fingerprint density at radius 1 is 1.27 bits per heavy atom. The van der Waals surface area contributed by atoms with Gasteiger partial charge in [-0.15, -0.1) is 5.10 Å². The minimum Gasteiger partial charge on any atom is -0.349 e. The van der Waals surface area contributed by atoms with E-state index < -0.39 is 5.54 Å². The lowest BCUT2D eigenvalue weighted by molar-refractivity contribution is 0.0936. The Bertz CT molecular complexity index is 923. The molecule has 0 fully saturated rings. The van der Waals surface area contributed by atoms with Gasteiger partial charge >= 0.3 is 0 Å². The molecule has 3 aromatic rings. The number of hydrogen-bond acceptors (Lipinski definition) is 5. The van der Waals surface area contributed by atoms with Crippen molar-refractivity contribution in [1.82, 2.24) is 25.3 Å². The van der Waals surface area contributed by atoms with Crippen LogP contribution in [0.25, 0.3) is 16.5 Å². The predicted octanol–water partition coefficient (Wildman–Crippen LogP) is 2.37. The predicted molar refractivity (Wildman–Crippen MR) is 101 cm³/mol. The highest BCUT2D eigenvalue weighted by Gasteiger charge is 2.24. The second kappa shape index (κ2) is 7.21. The van der Waals surface area contributed by atoms with Crippen LogP contribution in [0.1, 0.15) is 42.9 Å². The van der Waals surface area contributed by atoms with E-state index in [9.17, 15) is 4.79 Å². The van der Waals surface area contributed by atoms with E-state index in [1.807, 2.05) is 45.0 Å². The average molecular weight is 352 g/mol. The second-order valence-corrected chi connectivity index (χ2v) is 6.56. The molecule has 0 unspecified atom stereocenters. The zero-order chi connectivity index (χ0) is 18.7. The highest BCUT2D eigenvalue weighted by Crippen LogP contribution is 2.22. The summed E-state index contributed by atoms with van der Waals surface area (Å²) in [6.45, 7) is 6.29. The molecule has 136 valence electrons. The summed E-state index contributed by atoms with van der Waals surface area (Å²) in [5.74, 6) is -0.257. The standard InChI is InChI=1S/C19H24N6O/c1-4-19(20,5-2)12-22-18(26)17-13(3)25(24-23-17)16-8-6-7-14-11-21-10-9-15(14)16/h6-11H,4-5,12,20H2,1-3H3,(H,22,26). The van der Waals surface area contributed by atoms with E-state index >= 15 is 0 Å². The number of benzene rings is 1. The van der Waals surface area contributed by atoms with Crippen molar-refractivity contribution < 1.29 is 4.79 Å². The summed E-state index contributed by atoms with van der Waals surface area (Å²) in [7, 11) is 0. The van der Waals surface area contributed by atoms with Crippen molar-refractivity contribution >= 4 is 16.7 Å². The van der Waals surface area contributed by atoms with E-state index in [0.29, 0.717) is 17.9 Å². The van der Waals surface area contributed by atoms with Crippen LogP contribution < -0.4 is 11.1 Å². The maximum Gasteiger partial charge on any atom is 0.273 e. The van der Waals surface area contributed by atoms with Gasteiger partial charge in [-0.2, -0.15) is 0 Å². The summed E-state index contributed by atoms with van der Waals surface area (Å²) >= 11 is 0. The Morgan fingerprint density at radius 3 is 2.77 bits per heavy atom. The smallest absolute Gasteiger partial charge is 0.273 e. The van der Waals surface area contributed by atoms with Crippen molar-refractivity contribution in [3.8, 4) is 5.69 Å². The lowest BCUT2D eigenvalue weighted by Gasteiger charge is -2.26. The number of pyridine rings is 1. The normalized spacial score (nSPS) is 11.7. The third kappa shape index (κ3) is 3.30. The number of hydrogen-bond donors (Lipinski definition) is 2. The summed E-state index contributed by atoms with van der Waals surface area (Å²) in [4.78, 5) is 16.7. The molecule has 2 heterocycles. The molecular weight excluding hydrogens is 328 g/mol. The monoisotopic (exact) mass is 352 g/mol. The minimum absolute atomic E-state index is 0.257. The van der Waals surface area contributed by atoms with Crippen LogP contribution in [0.2, 0.25) is 0 Å². The molecule has 0 radical (unpaired) electrons. The first-order valence-corrected chi connectivity index (χ1v) is 8.81. The van der Waals surface area contributed by atoms with Gasteiger partial charge in [-0.05, 0) is 31.9 Å². The van der Waals surface area contributed by atoms with Crippen LogP contribution in [0.5, 0.6) is 0 Å². The maximum atomic E-state index is 12.6. The molecule has 0 aliphatic heterocycles. The fraction of sp³-hybridized carbons (Fsp3) is 0.368. The number of nitrogens with zero attached hydrogens (tertiary/aromatic N) is 4. The zero-order valence-electron chi connectivity index (χ0n) is 15.4. The Labute approximate surface area is 152 Å². The van der Waals surface area contributed by atoms with E-state index in [0.717, 1.165) is 29.3 Å². The Balaban J connectivity index is 1.89. The Morgan fingerprint density at radius 2 is 2.04 bits per heavy atom. The summed E-state index contributed by atoms with van der Waals surface area (Å²) in [5, 5.41) is 13.2. The Kier molecular flexibility index (Phi) is 4.99. The molecule has 0 saturated carbocycles. The van der Waals surface area contributed by atoms with Gasteiger partial charge in [0.15, 0.2) is 5.69 Å². The zero-order valence-corrected chi connectivity index (χ0v) is 15.4. The van der Waals surface area contributed by atoms with E-state index in [2.05, 4.69) is 20.6 Å². The molecular formula is C19H24N6O. The van der Waals surface area contributed by atoms with Crippen LogP contribution in [0.4, 0.5) is 0 Å². The molecule has 1 aromatic carbocycles. The van der Waals surface area contributed by atoms with Crippen molar-refractivity contribution in [2.24, 2.45) is 5.73 Å². The van der Waals surface area contributed by atoms with E-state index in [4.69, 9.17) is 5.73 Å². The number of rotatable bonds is 6. The lowest BCUT2D eigenvalue weighted by atomic mass is 9.94. The fourth-order valence-electron chi connectivity index (χ4n) is 2.90. The summed E-state index contributed by atoms with van der Waals surface area (Å²) in [6.07, 6.45) is 5.12. The number of carbonyl (C=O) groups is 1. The molecule has 0 spiro atoms. The molecule has 0 aliphatic rings. The number of fused-ring (bicyclic) bond motifs is 1. The summed E-state index contributed by atoms with van der Waals surface area (Å²) in [6, 6.07) is 7.80. The number of amides is 1.